The van der Waals surface area contributed by atoms with Crippen LogP contribution in [0.3, 0.4) is 0 Å². The van der Waals surface area contributed by atoms with Crippen LogP contribution in [-0.2, 0) is 23.7 Å². The minimum atomic E-state index is -0.759. The summed E-state index contributed by atoms with van der Waals surface area (Å²) in [4.78, 5) is 13.4. The highest BCUT2D eigenvalue weighted by molar-refractivity contribution is 5.90. The predicted octanol–water partition coefficient (Wildman–Crippen LogP) is 5.56. The maximum Gasteiger partial charge on any atom is 0.244 e. The lowest BCUT2D eigenvalue weighted by Gasteiger charge is -2.54. The minimum Gasteiger partial charge on any atom is -0.390 e. The molecule has 3 aliphatic carbocycles. The molecule has 9 atom stereocenters. The Bertz CT molecular complexity index is 1130. The molecule has 40 heavy (non-hydrogen) atoms. The van der Waals surface area contributed by atoms with Gasteiger partial charge in [-0.15, -0.1) is 0 Å². The molecule has 2 N–H and O–H groups in total. The Hall–Kier alpha value is -1.25. The van der Waals surface area contributed by atoms with Crippen LogP contribution in [0.15, 0.2) is 23.3 Å². The van der Waals surface area contributed by atoms with Crippen LogP contribution in [0.25, 0.3) is 0 Å². The summed E-state index contributed by atoms with van der Waals surface area (Å²) in [5.41, 5.74) is 1.03. The Morgan fingerprint density at radius 2 is 1.73 bits per heavy atom. The van der Waals surface area contributed by atoms with Crippen molar-refractivity contribution in [2.75, 3.05) is 0 Å². The average Bonchev–Trinajstić information content (AvgIpc) is 3.36. The molecular formula is C33H51NO6. The quantitative estimate of drug-likeness (QED) is 0.471. The van der Waals surface area contributed by atoms with Crippen LogP contribution in [0.5, 0.6) is 0 Å². The normalized spacial score (nSPS) is 47.3. The summed E-state index contributed by atoms with van der Waals surface area (Å²) in [5.74, 6) is -0.775. The third-order valence-electron chi connectivity index (χ3n) is 11.4. The standard InChI is InChI=1S/C33H51NO6/c1-28(2,36)14-13-26-33(9,40-30(5,6)39-26)24-11-10-20-19-16-27(35)34-25-17-22-23(38-29(3,4)37-22)18-32(25,8)21(19)12-15-31(20,24)7/h10,16,21-26,36H,11-15,17-18H2,1-9H3,(H,34,35)/t21-,22+,23-,24-,25+,26+,31-,32+,33+/m0/s1. The van der Waals surface area contributed by atoms with Gasteiger partial charge in [-0.1, -0.05) is 19.9 Å². The highest BCUT2D eigenvalue weighted by atomic mass is 16.8. The number of rotatable bonds is 4. The van der Waals surface area contributed by atoms with Gasteiger partial charge in [0.25, 0.3) is 0 Å². The smallest absolute Gasteiger partial charge is 0.244 e. The van der Waals surface area contributed by atoms with Crippen molar-refractivity contribution in [3.05, 3.63) is 23.3 Å². The van der Waals surface area contributed by atoms with Crippen molar-refractivity contribution in [3.63, 3.8) is 0 Å². The Morgan fingerprint density at radius 3 is 2.42 bits per heavy atom. The van der Waals surface area contributed by atoms with Gasteiger partial charge in [-0.25, -0.2) is 0 Å². The summed E-state index contributed by atoms with van der Waals surface area (Å²) in [5, 5.41) is 13.9. The Labute approximate surface area is 240 Å². The zero-order chi connectivity index (χ0) is 29.1. The van der Waals surface area contributed by atoms with E-state index in [1.54, 1.807) is 0 Å². The van der Waals surface area contributed by atoms with E-state index in [2.05, 4.69) is 32.2 Å². The third kappa shape index (κ3) is 4.54. The Balaban J connectivity index is 1.31. The average molecular weight is 558 g/mol. The van der Waals surface area contributed by atoms with Crippen LogP contribution >= 0.6 is 0 Å². The van der Waals surface area contributed by atoms with Crippen molar-refractivity contribution in [2.45, 2.75) is 154 Å². The lowest BCUT2D eigenvalue weighted by atomic mass is 9.52. The number of ether oxygens (including phenoxy) is 4. The molecule has 7 nitrogen and oxygen atoms in total. The van der Waals surface area contributed by atoms with Gasteiger partial charge in [0, 0.05) is 18.0 Å². The van der Waals surface area contributed by atoms with Crippen molar-refractivity contribution < 1.29 is 28.8 Å². The van der Waals surface area contributed by atoms with Gasteiger partial charge in [0.05, 0.1) is 29.5 Å². The Morgan fingerprint density at radius 1 is 1.02 bits per heavy atom. The van der Waals surface area contributed by atoms with E-state index in [0.29, 0.717) is 6.42 Å². The maximum atomic E-state index is 13.4. The molecule has 0 unspecified atom stereocenters. The number of amides is 1. The first kappa shape index (κ1) is 28.9. The molecule has 2 saturated carbocycles. The fraction of sp³-hybridized carbons (Fsp3) is 0.848. The van der Waals surface area contributed by atoms with Crippen molar-refractivity contribution >= 4 is 5.91 Å². The molecule has 7 heteroatoms. The largest absolute Gasteiger partial charge is 0.390 e. The molecule has 6 aliphatic rings. The fourth-order valence-corrected chi connectivity index (χ4v) is 9.72. The number of allylic oxidation sites excluding steroid dienone is 3. The van der Waals surface area contributed by atoms with Crippen LogP contribution in [0, 0.1) is 22.7 Å². The van der Waals surface area contributed by atoms with Gasteiger partial charge in [0.2, 0.25) is 5.91 Å². The van der Waals surface area contributed by atoms with Crippen molar-refractivity contribution in [1.82, 2.24) is 5.32 Å². The molecule has 6 rings (SSSR count). The first-order chi connectivity index (χ1) is 18.4. The molecule has 0 aromatic rings. The second kappa shape index (κ2) is 8.89. The van der Waals surface area contributed by atoms with E-state index >= 15 is 0 Å². The molecule has 2 saturated heterocycles. The van der Waals surface area contributed by atoms with Crippen molar-refractivity contribution in [2.24, 2.45) is 22.7 Å². The van der Waals surface area contributed by atoms with Gasteiger partial charge in [-0.3, -0.25) is 4.79 Å². The number of hydrogen-bond donors (Lipinski definition) is 2. The van der Waals surface area contributed by atoms with Crippen molar-refractivity contribution in [3.8, 4) is 0 Å². The highest BCUT2D eigenvalue weighted by Gasteiger charge is 2.64. The lowest BCUT2D eigenvalue weighted by molar-refractivity contribution is -0.177. The van der Waals surface area contributed by atoms with Gasteiger partial charge < -0.3 is 29.4 Å². The number of aliphatic hydroxyl groups is 1. The minimum absolute atomic E-state index is 0.00907. The van der Waals surface area contributed by atoms with E-state index in [1.165, 1.54) is 11.1 Å². The summed E-state index contributed by atoms with van der Waals surface area (Å²) in [7, 11) is 0. The van der Waals surface area contributed by atoms with Gasteiger partial charge in [-0.2, -0.15) is 0 Å². The third-order valence-corrected chi connectivity index (χ3v) is 11.4. The molecular weight excluding hydrogens is 506 g/mol. The number of fused-ring (bicyclic) bond motifs is 6. The molecule has 0 radical (unpaired) electrons. The van der Waals surface area contributed by atoms with E-state index in [-0.39, 0.29) is 52.9 Å². The van der Waals surface area contributed by atoms with E-state index in [1.807, 2.05) is 47.6 Å². The zero-order valence-corrected chi connectivity index (χ0v) is 26.1. The van der Waals surface area contributed by atoms with Gasteiger partial charge in [0.1, 0.15) is 0 Å². The molecule has 3 heterocycles. The first-order valence-corrected chi connectivity index (χ1v) is 15.5. The second-order valence-electron chi connectivity index (χ2n) is 15.9. The summed E-state index contributed by atoms with van der Waals surface area (Å²) in [6.07, 6.45) is 10.3. The maximum absolute atomic E-state index is 13.4. The molecule has 0 spiro atoms. The molecule has 4 fully saturated rings. The van der Waals surface area contributed by atoms with Crippen LogP contribution < -0.4 is 5.32 Å². The summed E-state index contributed by atoms with van der Waals surface area (Å²) in [6, 6.07) is 0.0516. The van der Waals surface area contributed by atoms with E-state index < -0.39 is 22.8 Å². The SMILES string of the molecule is CC(C)(O)CC[C@H]1OC(C)(C)O[C@]1(C)[C@H]1CC=C2C3=CC(=O)N[C@@H]4C[C@H]5OC(C)(C)O[C@H]5C[C@]4(C)[C@H]3CC[C@@]21C. The first-order valence-electron chi connectivity index (χ1n) is 15.5. The molecule has 0 aromatic heterocycles. The van der Waals surface area contributed by atoms with Gasteiger partial charge >= 0.3 is 0 Å². The van der Waals surface area contributed by atoms with Crippen LogP contribution in [0.2, 0.25) is 0 Å². The van der Waals surface area contributed by atoms with E-state index in [9.17, 15) is 9.90 Å². The molecule has 1 amide bonds. The summed E-state index contributed by atoms with van der Waals surface area (Å²) < 4.78 is 26.0. The van der Waals surface area contributed by atoms with E-state index in [0.717, 1.165) is 38.5 Å². The Kier molecular flexibility index (Phi) is 6.41. The zero-order valence-electron chi connectivity index (χ0n) is 26.1. The number of carbonyl (C=O) groups excluding carboxylic acids is 1. The summed E-state index contributed by atoms with van der Waals surface area (Å²) >= 11 is 0. The van der Waals surface area contributed by atoms with Gasteiger partial charge in [0.15, 0.2) is 11.6 Å². The number of hydrogen-bond acceptors (Lipinski definition) is 6. The van der Waals surface area contributed by atoms with Crippen molar-refractivity contribution in [1.29, 1.82) is 0 Å². The predicted molar refractivity (Wildman–Crippen MR) is 152 cm³/mol. The highest BCUT2D eigenvalue weighted by Crippen LogP contribution is 2.65. The molecule has 0 bridgehead atoms. The lowest BCUT2D eigenvalue weighted by Crippen LogP contribution is -2.57. The van der Waals surface area contributed by atoms with Crippen LogP contribution in [-0.4, -0.2) is 58.1 Å². The molecule has 224 valence electrons. The summed E-state index contributed by atoms with van der Waals surface area (Å²) in [6.45, 7) is 18.7. The van der Waals surface area contributed by atoms with E-state index in [4.69, 9.17) is 18.9 Å². The number of nitrogens with one attached hydrogen (secondary N) is 1. The fourth-order valence-electron chi connectivity index (χ4n) is 9.72. The topological polar surface area (TPSA) is 86.2 Å². The molecule has 3 aliphatic heterocycles. The van der Waals surface area contributed by atoms with Crippen LogP contribution in [0.4, 0.5) is 0 Å². The second-order valence-corrected chi connectivity index (χ2v) is 15.9. The molecule has 0 aromatic carbocycles. The number of carbonyl (C=O) groups is 1. The monoisotopic (exact) mass is 557 g/mol. The van der Waals surface area contributed by atoms with Crippen LogP contribution in [0.1, 0.15) is 107 Å². The van der Waals surface area contributed by atoms with Gasteiger partial charge in [-0.05, 0) is 121 Å².